The molecule has 0 atom stereocenters. The van der Waals surface area contributed by atoms with Gasteiger partial charge in [-0.15, -0.1) is 0 Å². The first-order valence-corrected chi connectivity index (χ1v) is 7.40. The van der Waals surface area contributed by atoms with Gasteiger partial charge >= 0.3 is 0 Å². The maximum absolute atomic E-state index is 5.51. The molecule has 3 nitrogen and oxygen atoms in total. The van der Waals surface area contributed by atoms with Gasteiger partial charge in [-0.05, 0) is 38.1 Å². The van der Waals surface area contributed by atoms with Crippen LogP contribution in [-0.2, 0) is 4.74 Å². The molecule has 2 saturated heterocycles. The van der Waals surface area contributed by atoms with Crippen LogP contribution in [0, 0.1) is 11.3 Å². The summed E-state index contributed by atoms with van der Waals surface area (Å²) < 4.78 is 5.51. The number of piperazine rings is 1. The van der Waals surface area contributed by atoms with Gasteiger partial charge < -0.3 is 15.0 Å². The molecule has 0 aromatic heterocycles. The summed E-state index contributed by atoms with van der Waals surface area (Å²) in [5, 5.41) is 3.42. The van der Waals surface area contributed by atoms with E-state index in [0.717, 1.165) is 19.1 Å². The van der Waals surface area contributed by atoms with E-state index >= 15 is 0 Å². The van der Waals surface area contributed by atoms with Gasteiger partial charge in [-0.25, -0.2) is 0 Å². The van der Waals surface area contributed by atoms with Crippen LogP contribution in [0.3, 0.4) is 0 Å². The lowest BCUT2D eigenvalue weighted by Crippen LogP contribution is -2.51. The summed E-state index contributed by atoms with van der Waals surface area (Å²) in [4.78, 5) is 2.62. The molecule has 3 rings (SSSR count). The summed E-state index contributed by atoms with van der Waals surface area (Å²) >= 11 is 0. The molecular weight excluding hydrogens is 212 g/mol. The molecule has 3 aliphatic rings. The zero-order chi connectivity index (χ0) is 11.6. The number of hydrogen-bond donors (Lipinski definition) is 1. The zero-order valence-corrected chi connectivity index (χ0v) is 10.9. The van der Waals surface area contributed by atoms with E-state index in [-0.39, 0.29) is 0 Å². The lowest BCUT2D eigenvalue weighted by Gasteiger charge is -2.51. The summed E-state index contributed by atoms with van der Waals surface area (Å²) in [6.07, 6.45) is 7.18. The molecule has 0 unspecified atom stereocenters. The molecule has 0 bridgehead atoms. The highest BCUT2D eigenvalue weighted by atomic mass is 16.5. The second-order valence-corrected chi connectivity index (χ2v) is 6.18. The van der Waals surface area contributed by atoms with Crippen molar-refractivity contribution < 1.29 is 4.74 Å². The van der Waals surface area contributed by atoms with Crippen molar-refractivity contribution in [3.8, 4) is 0 Å². The van der Waals surface area contributed by atoms with Gasteiger partial charge in [-0.1, -0.05) is 6.42 Å². The van der Waals surface area contributed by atoms with Crippen molar-refractivity contribution in [3.63, 3.8) is 0 Å². The smallest absolute Gasteiger partial charge is 0.0547 e. The standard InChI is InChI=1S/C14H26N2O/c1-3-13(4-1)14(11-17-12-14)5-2-8-16-9-6-15-7-10-16/h13,15H,1-12H2. The van der Waals surface area contributed by atoms with Crippen molar-refractivity contribution in [2.45, 2.75) is 32.1 Å². The highest BCUT2D eigenvalue weighted by Crippen LogP contribution is 2.49. The third-order valence-electron chi connectivity index (χ3n) is 5.11. The first-order chi connectivity index (χ1) is 8.39. The Morgan fingerprint density at radius 3 is 2.47 bits per heavy atom. The van der Waals surface area contributed by atoms with E-state index in [1.807, 2.05) is 0 Å². The van der Waals surface area contributed by atoms with E-state index < -0.39 is 0 Å². The molecule has 0 aromatic carbocycles. The molecule has 3 heteroatoms. The van der Waals surface area contributed by atoms with Gasteiger partial charge in [-0.3, -0.25) is 0 Å². The Bertz CT molecular complexity index is 243. The van der Waals surface area contributed by atoms with Crippen molar-refractivity contribution in [1.29, 1.82) is 0 Å². The van der Waals surface area contributed by atoms with Crippen molar-refractivity contribution >= 4 is 0 Å². The highest BCUT2D eigenvalue weighted by molar-refractivity contribution is 4.95. The average molecular weight is 238 g/mol. The summed E-state index contributed by atoms with van der Waals surface area (Å²) in [5.74, 6) is 0.999. The Hall–Kier alpha value is -0.120. The second-order valence-electron chi connectivity index (χ2n) is 6.18. The first kappa shape index (κ1) is 11.9. The minimum atomic E-state index is 0.603. The third kappa shape index (κ3) is 2.51. The summed E-state index contributed by atoms with van der Waals surface area (Å²) in [5.41, 5.74) is 0.603. The monoisotopic (exact) mass is 238 g/mol. The highest BCUT2D eigenvalue weighted by Gasteiger charge is 2.46. The predicted octanol–water partition coefficient (Wildman–Crippen LogP) is 1.49. The molecule has 2 heterocycles. The lowest BCUT2D eigenvalue weighted by atomic mass is 9.62. The normalized spacial score (nSPS) is 29.6. The van der Waals surface area contributed by atoms with E-state index in [9.17, 15) is 0 Å². The summed E-state index contributed by atoms with van der Waals surface area (Å²) in [6, 6.07) is 0. The van der Waals surface area contributed by atoms with Crippen molar-refractivity contribution in [2.75, 3.05) is 45.9 Å². The van der Waals surface area contributed by atoms with Crippen LogP contribution >= 0.6 is 0 Å². The molecule has 3 fully saturated rings. The van der Waals surface area contributed by atoms with Crippen LogP contribution in [0.5, 0.6) is 0 Å². The number of nitrogens with zero attached hydrogens (tertiary/aromatic N) is 1. The quantitative estimate of drug-likeness (QED) is 0.785. The number of ether oxygens (including phenoxy) is 1. The van der Waals surface area contributed by atoms with Crippen LogP contribution < -0.4 is 5.32 Å². The number of hydrogen-bond acceptors (Lipinski definition) is 3. The second kappa shape index (κ2) is 5.25. The van der Waals surface area contributed by atoms with Crippen molar-refractivity contribution in [3.05, 3.63) is 0 Å². The maximum Gasteiger partial charge on any atom is 0.0547 e. The zero-order valence-electron chi connectivity index (χ0n) is 10.9. The number of rotatable bonds is 5. The molecule has 98 valence electrons. The molecule has 17 heavy (non-hydrogen) atoms. The van der Waals surface area contributed by atoms with Crippen LogP contribution in [0.4, 0.5) is 0 Å². The fourth-order valence-corrected chi connectivity index (χ4v) is 3.56. The van der Waals surface area contributed by atoms with Gasteiger partial charge in [0.2, 0.25) is 0 Å². The molecule has 2 aliphatic heterocycles. The van der Waals surface area contributed by atoms with E-state index in [4.69, 9.17) is 4.74 Å². The molecule has 0 amide bonds. The predicted molar refractivity (Wildman–Crippen MR) is 69.1 cm³/mol. The van der Waals surface area contributed by atoms with E-state index in [2.05, 4.69) is 10.2 Å². The molecule has 0 spiro atoms. The van der Waals surface area contributed by atoms with Gasteiger partial charge in [0.25, 0.3) is 0 Å². The van der Waals surface area contributed by atoms with Crippen molar-refractivity contribution in [2.24, 2.45) is 11.3 Å². The Morgan fingerprint density at radius 2 is 1.94 bits per heavy atom. The summed E-state index contributed by atoms with van der Waals surface area (Å²) in [6.45, 7) is 8.25. The Morgan fingerprint density at radius 1 is 1.18 bits per heavy atom. The maximum atomic E-state index is 5.51. The van der Waals surface area contributed by atoms with E-state index in [1.54, 1.807) is 0 Å². The van der Waals surface area contributed by atoms with Gasteiger partial charge in [0, 0.05) is 31.6 Å². The topological polar surface area (TPSA) is 24.5 Å². The number of nitrogens with one attached hydrogen (secondary N) is 1. The minimum Gasteiger partial charge on any atom is -0.380 e. The van der Waals surface area contributed by atoms with Crippen LogP contribution in [0.25, 0.3) is 0 Å². The SMILES string of the molecule is C1CC(C2(CCCN3CCNCC3)COC2)C1. The van der Waals surface area contributed by atoms with Gasteiger partial charge in [0.15, 0.2) is 0 Å². The van der Waals surface area contributed by atoms with Crippen LogP contribution in [0.15, 0.2) is 0 Å². The first-order valence-electron chi connectivity index (χ1n) is 7.40. The Labute approximate surface area is 105 Å². The molecular formula is C14H26N2O. The fraction of sp³-hybridized carbons (Fsp3) is 1.00. The van der Waals surface area contributed by atoms with Gasteiger partial charge in [0.1, 0.15) is 0 Å². The Balaban J connectivity index is 1.40. The molecule has 1 aliphatic carbocycles. The molecule has 0 aromatic rings. The van der Waals surface area contributed by atoms with E-state index in [1.165, 1.54) is 64.8 Å². The minimum absolute atomic E-state index is 0.603. The third-order valence-corrected chi connectivity index (χ3v) is 5.11. The van der Waals surface area contributed by atoms with Crippen LogP contribution in [0.2, 0.25) is 0 Å². The summed E-state index contributed by atoms with van der Waals surface area (Å²) in [7, 11) is 0. The van der Waals surface area contributed by atoms with Gasteiger partial charge in [-0.2, -0.15) is 0 Å². The molecule has 1 saturated carbocycles. The largest absolute Gasteiger partial charge is 0.380 e. The van der Waals surface area contributed by atoms with Crippen molar-refractivity contribution in [1.82, 2.24) is 10.2 Å². The molecule has 1 N–H and O–H groups in total. The van der Waals surface area contributed by atoms with E-state index in [0.29, 0.717) is 5.41 Å². The average Bonchev–Trinajstić information content (AvgIpc) is 2.24. The van der Waals surface area contributed by atoms with Crippen LogP contribution in [0.1, 0.15) is 32.1 Å². The fourth-order valence-electron chi connectivity index (χ4n) is 3.56. The Kier molecular flexibility index (Phi) is 3.69. The molecule has 0 radical (unpaired) electrons. The lowest BCUT2D eigenvalue weighted by molar-refractivity contribution is -0.167. The van der Waals surface area contributed by atoms with Crippen LogP contribution in [-0.4, -0.2) is 50.8 Å². The van der Waals surface area contributed by atoms with Gasteiger partial charge in [0.05, 0.1) is 13.2 Å².